The summed E-state index contributed by atoms with van der Waals surface area (Å²) in [4.78, 5) is 23.2. The number of nitrogens with two attached hydrogens (primary N) is 1. The highest BCUT2D eigenvalue weighted by Crippen LogP contribution is 2.17. The van der Waals surface area contributed by atoms with E-state index in [2.05, 4.69) is 5.32 Å². The normalized spacial score (nSPS) is 18.6. The Morgan fingerprint density at radius 3 is 2.89 bits per heavy atom. The van der Waals surface area contributed by atoms with Crippen LogP contribution >= 0.6 is 0 Å². The minimum absolute atomic E-state index is 0.149. The predicted octanol–water partition coefficient (Wildman–Crippen LogP) is 0.0306. The molecule has 2 heterocycles. The van der Waals surface area contributed by atoms with Gasteiger partial charge in [-0.25, -0.2) is 9.59 Å². The quantitative estimate of drug-likeness (QED) is 0.747. The minimum Gasteiger partial charge on any atom is -0.442 e. The number of benzene rings is 1. The van der Waals surface area contributed by atoms with Crippen LogP contribution < -0.4 is 16.7 Å². The van der Waals surface area contributed by atoms with Crippen LogP contribution in [0.5, 0.6) is 0 Å². The number of aryl methyl sites for hydroxylation is 1. The molecule has 7 nitrogen and oxygen atoms in total. The van der Waals surface area contributed by atoms with E-state index in [1.165, 1.54) is 0 Å². The van der Waals surface area contributed by atoms with Gasteiger partial charge in [0.05, 0.1) is 24.1 Å². The van der Waals surface area contributed by atoms with Crippen molar-refractivity contribution >= 4 is 22.8 Å². The number of hydrogen-bond donors (Lipinski definition) is 2. The summed E-state index contributed by atoms with van der Waals surface area (Å²) >= 11 is 0. The number of nitrogen functional groups attached to an aromatic ring is 1. The third-order valence-electron chi connectivity index (χ3n) is 3.30. The Labute approximate surface area is 108 Å². The van der Waals surface area contributed by atoms with Crippen LogP contribution in [-0.4, -0.2) is 27.9 Å². The number of alkyl carbamates (subject to hydrolysis) is 1. The maximum absolute atomic E-state index is 12.2. The SMILES string of the molecule is Cn1c(=O)n(CC2CNC(=O)O2)c2cc(N)ccc21. The molecular formula is C12H14N4O3. The van der Waals surface area contributed by atoms with E-state index in [9.17, 15) is 9.59 Å². The van der Waals surface area contributed by atoms with Gasteiger partial charge < -0.3 is 15.8 Å². The Kier molecular flexibility index (Phi) is 2.48. The van der Waals surface area contributed by atoms with E-state index >= 15 is 0 Å². The monoisotopic (exact) mass is 262 g/mol. The molecule has 1 aromatic carbocycles. The number of imidazole rings is 1. The number of ether oxygens (including phenoxy) is 1. The van der Waals surface area contributed by atoms with Crippen LogP contribution in [0, 0.1) is 0 Å². The summed E-state index contributed by atoms with van der Waals surface area (Å²) in [6.45, 7) is 0.725. The van der Waals surface area contributed by atoms with Gasteiger partial charge in [0.2, 0.25) is 0 Å². The van der Waals surface area contributed by atoms with Gasteiger partial charge >= 0.3 is 11.8 Å². The molecular weight excluding hydrogens is 248 g/mol. The Morgan fingerprint density at radius 1 is 1.42 bits per heavy atom. The van der Waals surface area contributed by atoms with Crippen LogP contribution in [-0.2, 0) is 18.3 Å². The van der Waals surface area contributed by atoms with E-state index in [0.29, 0.717) is 18.8 Å². The van der Waals surface area contributed by atoms with E-state index in [1.807, 2.05) is 6.07 Å². The van der Waals surface area contributed by atoms with Crippen LogP contribution in [0.1, 0.15) is 0 Å². The highest BCUT2D eigenvalue weighted by atomic mass is 16.6. The van der Waals surface area contributed by atoms with Crippen LogP contribution in [0.25, 0.3) is 11.0 Å². The Morgan fingerprint density at radius 2 is 2.21 bits per heavy atom. The molecule has 1 aromatic heterocycles. The maximum Gasteiger partial charge on any atom is 0.407 e. The number of anilines is 1. The molecule has 1 fully saturated rings. The summed E-state index contributed by atoms with van der Waals surface area (Å²) in [6, 6.07) is 5.31. The first-order valence-electron chi connectivity index (χ1n) is 5.95. The average Bonchev–Trinajstić information content (AvgIpc) is 2.88. The van der Waals surface area contributed by atoms with E-state index in [4.69, 9.17) is 10.5 Å². The van der Waals surface area contributed by atoms with Crippen molar-refractivity contribution in [2.45, 2.75) is 12.6 Å². The number of amides is 1. The molecule has 3 N–H and O–H groups in total. The zero-order valence-corrected chi connectivity index (χ0v) is 10.4. The number of nitrogens with zero attached hydrogens (tertiary/aromatic N) is 2. The third-order valence-corrected chi connectivity index (χ3v) is 3.30. The first-order chi connectivity index (χ1) is 9.06. The second-order valence-corrected chi connectivity index (χ2v) is 4.61. The topological polar surface area (TPSA) is 91.3 Å². The summed E-state index contributed by atoms with van der Waals surface area (Å²) in [5.74, 6) is 0. The highest BCUT2D eigenvalue weighted by molar-refractivity contribution is 5.79. The molecule has 19 heavy (non-hydrogen) atoms. The van der Waals surface area contributed by atoms with Crippen molar-refractivity contribution in [1.82, 2.24) is 14.5 Å². The van der Waals surface area contributed by atoms with Crippen molar-refractivity contribution in [3.63, 3.8) is 0 Å². The maximum atomic E-state index is 12.2. The summed E-state index contributed by atoms with van der Waals surface area (Å²) in [5, 5.41) is 2.57. The second-order valence-electron chi connectivity index (χ2n) is 4.61. The molecule has 0 radical (unpaired) electrons. The van der Waals surface area contributed by atoms with Gasteiger partial charge in [-0.1, -0.05) is 0 Å². The first-order valence-corrected chi connectivity index (χ1v) is 5.95. The molecule has 1 saturated heterocycles. The molecule has 0 aliphatic carbocycles. The lowest BCUT2D eigenvalue weighted by atomic mass is 10.2. The fourth-order valence-electron chi connectivity index (χ4n) is 2.34. The minimum atomic E-state index is -0.446. The number of aromatic nitrogens is 2. The molecule has 2 aromatic rings. The average molecular weight is 262 g/mol. The molecule has 7 heteroatoms. The summed E-state index contributed by atoms with van der Waals surface area (Å²) in [6.07, 6.45) is -0.782. The number of hydrogen-bond acceptors (Lipinski definition) is 4. The van der Waals surface area contributed by atoms with E-state index in [0.717, 1.165) is 11.0 Å². The molecule has 1 unspecified atom stereocenters. The summed E-state index contributed by atoms with van der Waals surface area (Å²) in [5.41, 5.74) is 7.75. The molecule has 1 aliphatic heterocycles. The van der Waals surface area contributed by atoms with Gasteiger partial charge in [0, 0.05) is 12.7 Å². The number of carbonyl (C=O) groups excluding carboxylic acids is 1. The van der Waals surface area contributed by atoms with Crippen molar-refractivity contribution in [2.24, 2.45) is 7.05 Å². The van der Waals surface area contributed by atoms with Gasteiger partial charge in [-0.2, -0.15) is 0 Å². The van der Waals surface area contributed by atoms with Crippen LogP contribution in [0.2, 0.25) is 0 Å². The molecule has 1 aliphatic rings. The van der Waals surface area contributed by atoms with Crippen molar-refractivity contribution in [3.8, 4) is 0 Å². The van der Waals surface area contributed by atoms with Crippen molar-refractivity contribution in [1.29, 1.82) is 0 Å². The summed E-state index contributed by atoms with van der Waals surface area (Å²) < 4.78 is 8.19. The fraction of sp³-hybridized carbons (Fsp3) is 0.333. The number of nitrogens with one attached hydrogen (secondary N) is 1. The first kappa shape index (κ1) is 11.6. The van der Waals surface area contributed by atoms with Crippen molar-refractivity contribution < 1.29 is 9.53 Å². The Bertz CT molecular complexity index is 716. The van der Waals surface area contributed by atoms with Gasteiger partial charge in [-0.15, -0.1) is 0 Å². The molecule has 1 amide bonds. The third kappa shape index (κ3) is 1.83. The number of rotatable bonds is 2. The largest absolute Gasteiger partial charge is 0.442 e. The lowest BCUT2D eigenvalue weighted by Gasteiger charge is -2.08. The van der Waals surface area contributed by atoms with Crippen LogP contribution in [0.4, 0.5) is 10.5 Å². The Hall–Kier alpha value is -2.44. The lowest BCUT2D eigenvalue weighted by molar-refractivity contribution is 0.131. The van der Waals surface area contributed by atoms with Crippen molar-refractivity contribution in [2.75, 3.05) is 12.3 Å². The van der Waals surface area contributed by atoms with Crippen LogP contribution in [0.3, 0.4) is 0 Å². The van der Waals surface area contributed by atoms with E-state index < -0.39 is 6.09 Å². The molecule has 100 valence electrons. The molecule has 3 rings (SSSR count). The molecule has 0 bridgehead atoms. The van der Waals surface area contributed by atoms with Gasteiger partial charge in [-0.3, -0.25) is 9.13 Å². The van der Waals surface area contributed by atoms with Gasteiger partial charge in [0.25, 0.3) is 0 Å². The standard InChI is InChI=1S/C12H14N4O3/c1-15-9-3-2-7(13)4-10(9)16(12(15)18)6-8-5-14-11(17)19-8/h2-4,8H,5-6,13H2,1H3,(H,14,17). The van der Waals surface area contributed by atoms with Gasteiger partial charge in [0.15, 0.2) is 0 Å². The lowest BCUT2D eigenvalue weighted by Crippen LogP contribution is -2.29. The second kappa shape index (κ2) is 4.04. The zero-order chi connectivity index (χ0) is 13.6. The van der Waals surface area contributed by atoms with E-state index in [1.54, 1.807) is 28.3 Å². The number of carbonyl (C=O) groups is 1. The fourth-order valence-corrected chi connectivity index (χ4v) is 2.34. The van der Waals surface area contributed by atoms with E-state index in [-0.39, 0.29) is 11.8 Å². The van der Waals surface area contributed by atoms with Gasteiger partial charge in [-0.05, 0) is 18.2 Å². The number of cyclic esters (lactones) is 1. The number of fused-ring (bicyclic) bond motifs is 1. The smallest absolute Gasteiger partial charge is 0.407 e. The predicted molar refractivity (Wildman–Crippen MR) is 69.9 cm³/mol. The van der Waals surface area contributed by atoms with Crippen LogP contribution in [0.15, 0.2) is 23.0 Å². The van der Waals surface area contributed by atoms with Crippen molar-refractivity contribution in [3.05, 3.63) is 28.7 Å². The van der Waals surface area contributed by atoms with Gasteiger partial charge in [0.1, 0.15) is 6.10 Å². The summed E-state index contributed by atoms with van der Waals surface area (Å²) in [7, 11) is 1.70. The molecule has 0 spiro atoms. The highest BCUT2D eigenvalue weighted by Gasteiger charge is 2.24. The zero-order valence-electron chi connectivity index (χ0n) is 10.4. The Balaban J connectivity index is 2.07. The molecule has 1 atom stereocenters. The molecule has 0 saturated carbocycles.